The number of carbonyl (C=O) groups excluding carboxylic acids is 1. The maximum absolute atomic E-state index is 12.9. The maximum atomic E-state index is 12.9. The van der Waals surface area contributed by atoms with Crippen molar-refractivity contribution in [2.24, 2.45) is 7.05 Å². The standard InChI is InChI=1S/C17H22FN5O.ClH/c1-23-17(21-16(22-23)13-8-10-19-11-9-13)20-15(24)7-4-12-2-5-14(18)6-3-12;/h2-3,5-6,13,19H,4,7-11H2,1H3,(H,20,21,22,24);1H. The number of amides is 1. The molecule has 2 N–H and O–H groups in total. The highest BCUT2D eigenvalue weighted by Crippen LogP contribution is 2.23. The van der Waals surface area contributed by atoms with Crippen molar-refractivity contribution in [1.29, 1.82) is 0 Å². The minimum absolute atomic E-state index is 0. The van der Waals surface area contributed by atoms with E-state index in [1.54, 1.807) is 23.9 Å². The van der Waals surface area contributed by atoms with E-state index in [-0.39, 0.29) is 24.1 Å². The van der Waals surface area contributed by atoms with E-state index in [1.807, 2.05) is 0 Å². The van der Waals surface area contributed by atoms with Gasteiger partial charge in [0.2, 0.25) is 11.9 Å². The number of aromatic nitrogens is 3. The molecule has 0 saturated carbocycles. The van der Waals surface area contributed by atoms with E-state index in [0.717, 1.165) is 37.3 Å². The molecule has 0 bridgehead atoms. The average molecular weight is 368 g/mol. The van der Waals surface area contributed by atoms with Crippen molar-refractivity contribution >= 4 is 24.3 Å². The summed E-state index contributed by atoms with van der Waals surface area (Å²) in [5.41, 5.74) is 0.930. The summed E-state index contributed by atoms with van der Waals surface area (Å²) in [4.78, 5) is 16.6. The van der Waals surface area contributed by atoms with E-state index in [2.05, 4.69) is 20.7 Å². The Morgan fingerprint density at radius 3 is 2.68 bits per heavy atom. The second-order valence-electron chi connectivity index (χ2n) is 6.12. The molecule has 1 aromatic heterocycles. The number of hydrogen-bond acceptors (Lipinski definition) is 4. The summed E-state index contributed by atoms with van der Waals surface area (Å²) in [6.45, 7) is 1.95. The van der Waals surface area contributed by atoms with Crippen LogP contribution in [0.3, 0.4) is 0 Å². The van der Waals surface area contributed by atoms with Gasteiger partial charge >= 0.3 is 0 Å². The SMILES string of the molecule is Cl.Cn1nc(C2CCNCC2)nc1NC(=O)CCc1ccc(F)cc1. The molecule has 3 rings (SSSR count). The van der Waals surface area contributed by atoms with Gasteiger partial charge in [-0.15, -0.1) is 12.4 Å². The lowest BCUT2D eigenvalue weighted by atomic mass is 9.98. The first-order valence-corrected chi connectivity index (χ1v) is 8.28. The molecule has 8 heteroatoms. The second-order valence-corrected chi connectivity index (χ2v) is 6.12. The molecule has 1 saturated heterocycles. The van der Waals surface area contributed by atoms with E-state index in [4.69, 9.17) is 0 Å². The van der Waals surface area contributed by atoms with Crippen LogP contribution in [0.4, 0.5) is 10.3 Å². The number of anilines is 1. The first-order chi connectivity index (χ1) is 11.6. The molecule has 1 aliphatic heterocycles. The smallest absolute Gasteiger partial charge is 0.227 e. The summed E-state index contributed by atoms with van der Waals surface area (Å²) in [6, 6.07) is 6.20. The molecule has 136 valence electrons. The summed E-state index contributed by atoms with van der Waals surface area (Å²) < 4.78 is 14.5. The van der Waals surface area contributed by atoms with Gasteiger partial charge < -0.3 is 5.32 Å². The quantitative estimate of drug-likeness (QED) is 0.851. The number of piperidine rings is 1. The zero-order chi connectivity index (χ0) is 16.9. The number of nitrogens with one attached hydrogen (secondary N) is 2. The van der Waals surface area contributed by atoms with Crippen molar-refractivity contribution in [3.63, 3.8) is 0 Å². The summed E-state index contributed by atoms with van der Waals surface area (Å²) in [5, 5.41) is 10.6. The molecule has 1 fully saturated rings. The van der Waals surface area contributed by atoms with Gasteiger partial charge in [0.15, 0.2) is 5.82 Å². The van der Waals surface area contributed by atoms with Gasteiger partial charge in [-0.05, 0) is 50.0 Å². The summed E-state index contributed by atoms with van der Waals surface area (Å²) in [6.07, 6.45) is 2.91. The van der Waals surface area contributed by atoms with Crippen LogP contribution in [0.25, 0.3) is 0 Å². The van der Waals surface area contributed by atoms with Gasteiger partial charge in [0.25, 0.3) is 0 Å². The fraction of sp³-hybridized carbons (Fsp3) is 0.471. The van der Waals surface area contributed by atoms with Crippen LogP contribution in [0.5, 0.6) is 0 Å². The summed E-state index contributed by atoms with van der Waals surface area (Å²) >= 11 is 0. The molecular weight excluding hydrogens is 345 g/mol. The van der Waals surface area contributed by atoms with E-state index in [1.165, 1.54) is 12.1 Å². The topological polar surface area (TPSA) is 71.8 Å². The maximum Gasteiger partial charge on any atom is 0.227 e. The van der Waals surface area contributed by atoms with Crippen molar-refractivity contribution in [2.45, 2.75) is 31.6 Å². The molecular formula is C17H23ClFN5O. The van der Waals surface area contributed by atoms with E-state index in [0.29, 0.717) is 24.7 Å². The molecule has 0 spiro atoms. The van der Waals surface area contributed by atoms with Crippen molar-refractivity contribution in [3.8, 4) is 0 Å². The number of aryl methyl sites for hydroxylation is 2. The number of nitrogens with zero attached hydrogens (tertiary/aromatic N) is 3. The zero-order valence-corrected chi connectivity index (χ0v) is 15.0. The van der Waals surface area contributed by atoms with E-state index in [9.17, 15) is 9.18 Å². The number of hydrogen-bond donors (Lipinski definition) is 2. The van der Waals surface area contributed by atoms with Gasteiger partial charge in [-0.3, -0.25) is 10.1 Å². The second kappa shape index (κ2) is 8.92. The van der Waals surface area contributed by atoms with Crippen molar-refractivity contribution < 1.29 is 9.18 Å². The fourth-order valence-electron chi connectivity index (χ4n) is 2.86. The van der Waals surface area contributed by atoms with E-state index < -0.39 is 0 Å². The van der Waals surface area contributed by atoms with Crippen LogP contribution >= 0.6 is 12.4 Å². The lowest BCUT2D eigenvalue weighted by Gasteiger charge is -2.19. The Labute approximate surface area is 152 Å². The predicted molar refractivity (Wildman–Crippen MR) is 96.4 cm³/mol. The Morgan fingerprint density at radius 1 is 1.32 bits per heavy atom. The Kier molecular flexibility index (Phi) is 6.90. The molecule has 2 heterocycles. The van der Waals surface area contributed by atoms with Gasteiger partial charge in [0.05, 0.1) is 0 Å². The number of rotatable bonds is 5. The average Bonchev–Trinajstić information content (AvgIpc) is 2.96. The van der Waals surface area contributed by atoms with Crippen molar-refractivity contribution in [2.75, 3.05) is 18.4 Å². The molecule has 25 heavy (non-hydrogen) atoms. The molecule has 0 unspecified atom stereocenters. The molecule has 1 aromatic carbocycles. The van der Waals surface area contributed by atoms with Gasteiger partial charge in [-0.2, -0.15) is 10.1 Å². The molecule has 0 radical (unpaired) electrons. The lowest BCUT2D eigenvalue weighted by Crippen LogP contribution is -2.27. The number of benzene rings is 1. The summed E-state index contributed by atoms with van der Waals surface area (Å²) in [7, 11) is 1.78. The van der Waals surface area contributed by atoms with Crippen LogP contribution in [0.15, 0.2) is 24.3 Å². The third kappa shape index (κ3) is 5.24. The molecule has 0 atom stereocenters. The number of halogens is 2. The highest BCUT2D eigenvalue weighted by atomic mass is 35.5. The van der Waals surface area contributed by atoms with Gasteiger partial charge in [0, 0.05) is 19.4 Å². The Balaban J connectivity index is 0.00000225. The largest absolute Gasteiger partial charge is 0.317 e. The third-order valence-corrected chi connectivity index (χ3v) is 4.29. The van der Waals surface area contributed by atoms with Crippen LogP contribution in [0.2, 0.25) is 0 Å². The Morgan fingerprint density at radius 2 is 2.00 bits per heavy atom. The molecule has 1 amide bonds. The lowest BCUT2D eigenvalue weighted by molar-refractivity contribution is -0.116. The van der Waals surface area contributed by atoms with Gasteiger partial charge in [-0.1, -0.05) is 12.1 Å². The van der Waals surface area contributed by atoms with Gasteiger partial charge in [-0.25, -0.2) is 9.07 Å². The normalized spacial score (nSPS) is 14.8. The van der Waals surface area contributed by atoms with Crippen LogP contribution in [0, 0.1) is 5.82 Å². The van der Waals surface area contributed by atoms with Crippen LogP contribution < -0.4 is 10.6 Å². The molecule has 6 nitrogen and oxygen atoms in total. The predicted octanol–water partition coefficient (Wildman–Crippen LogP) is 2.41. The third-order valence-electron chi connectivity index (χ3n) is 4.29. The number of carbonyl (C=O) groups is 1. The van der Waals surface area contributed by atoms with Crippen LogP contribution in [0.1, 0.15) is 36.6 Å². The highest BCUT2D eigenvalue weighted by Gasteiger charge is 2.21. The Hall–Kier alpha value is -1.99. The van der Waals surface area contributed by atoms with Crippen LogP contribution in [-0.4, -0.2) is 33.8 Å². The Bertz CT molecular complexity index is 698. The molecule has 2 aromatic rings. The fourth-order valence-corrected chi connectivity index (χ4v) is 2.86. The van der Waals surface area contributed by atoms with Crippen LogP contribution in [-0.2, 0) is 18.3 Å². The minimum atomic E-state index is -0.271. The monoisotopic (exact) mass is 367 g/mol. The highest BCUT2D eigenvalue weighted by molar-refractivity contribution is 5.89. The van der Waals surface area contributed by atoms with E-state index >= 15 is 0 Å². The molecule has 0 aliphatic carbocycles. The van der Waals surface area contributed by atoms with Crippen molar-refractivity contribution in [3.05, 3.63) is 41.5 Å². The first kappa shape index (κ1) is 19.3. The molecule has 1 aliphatic rings. The zero-order valence-electron chi connectivity index (χ0n) is 14.2. The first-order valence-electron chi connectivity index (χ1n) is 8.28. The minimum Gasteiger partial charge on any atom is -0.317 e. The van der Waals surface area contributed by atoms with Crippen molar-refractivity contribution in [1.82, 2.24) is 20.1 Å². The van der Waals surface area contributed by atoms with Gasteiger partial charge in [0.1, 0.15) is 5.82 Å². The summed E-state index contributed by atoms with van der Waals surface area (Å²) in [5.74, 6) is 1.24.